The summed E-state index contributed by atoms with van der Waals surface area (Å²) in [7, 11) is 0. The van der Waals surface area contributed by atoms with Crippen molar-refractivity contribution < 1.29 is 9.84 Å². The lowest BCUT2D eigenvalue weighted by Crippen LogP contribution is -2.19. The fraction of sp³-hybridized carbons (Fsp3) is 0.500. The zero-order valence-corrected chi connectivity index (χ0v) is 10.2. The van der Waals surface area contributed by atoms with Crippen LogP contribution in [0.5, 0.6) is 5.75 Å². The molecule has 1 N–H and O–H groups in total. The summed E-state index contributed by atoms with van der Waals surface area (Å²) >= 11 is 3.44. The molecule has 0 aromatic heterocycles. The fourth-order valence-corrected chi connectivity index (χ4v) is 2.17. The third kappa shape index (κ3) is 2.73. The predicted octanol–water partition coefficient (Wildman–Crippen LogP) is 3.12. The van der Waals surface area contributed by atoms with Crippen molar-refractivity contribution in [1.82, 2.24) is 0 Å². The Balaban J connectivity index is 1.95. The van der Waals surface area contributed by atoms with Crippen LogP contribution in [-0.4, -0.2) is 11.7 Å². The van der Waals surface area contributed by atoms with Gasteiger partial charge in [-0.2, -0.15) is 0 Å². The first-order valence-corrected chi connectivity index (χ1v) is 6.11. The lowest BCUT2D eigenvalue weighted by molar-refractivity contribution is 0.179. The molecule has 82 valence electrons. The zero-order valence-electron chi connectivity index (χ0n) is 8.58. The number of aliphatic hydroxyl groups excluding tert-OH is 1. The highest BCUT2D eigenvalue weighted by molar-refractivity contribution is 9.10. The van der Waals surface area contributed by atoms with Crippen LogP contribution in [0.1, 0.15) is 24.8 Å². The normalized spacial score (nSPS) is 16.1. The smallest absolute Gasteiger partial charge is 0.133 e. The first kappa shape index (κ1) is 11.0. The van der Waals surface area contributed by atoms with Crippen molar-refractivity contribution >= 4 is 15.9 Å². The predicted molar refractivity (Wildman–Crippen MR) is 62.9 cm³/mol. The van der Waals surface area contributed by atoms with Gasteiger partial charge in [0.25, 0.3) is 0 Å². The topological polar surface area (TPSA) is 29.5 Å². The third-order valence-electron chi connectivity index (χ3n) is 2.88. The Morgan fingerprint density at radius 1 is 1.40 bits per heavy atom. The van der Waals surface area contributed by atoms with Crippen LogP contribution in [-0.2, 0) is 6.61 Å². The molecule has 0 heterocycles. The Labute approximate surface area is 98.4 Å². The van der Waals surface area contributed by atoms with Crippen LogP contribution in [0.3, 0.4) is 0 Å². The maximum absolute atomic E-state index is 8.96. The lowest BCUT2D eigenvalue weighted by atomic mass is 9.86. The molecule has 3 heteroatoms. The Hall–Kier alpha value is -0.540. The van der Waals surface area contributed by atoms with Gasteiger partial charge in [-0.05, 0) is 52.4 Å². The highest BCUT2D eigenvalue weighted by atomic mass is 79.9. The quantitative estimate of drug-likeness (QED) is 0.911. The Morgan fingerprint density at radius 2 is 2.20 bits per heavy atom. The third-order valence-corrected chi connectivity index (χ3v) is 3.50. The molecule has 0 saturated heterocycles. The second kappa shape index (κ2) is 4.99. The minimum atomic E-state index is 0.0709. The number of hydrogen-bond donors (Lipinski definition) is 1. The van der Waals surface area contributed by atoms with E-state index in [2.05, 4.69) is 15.9 Å². The monoisotopic (exact) mass is 270 g/mol. The van der Waals surface area contributed by atoms with Gasteiger partial charge >= 0.3 is 0 Å². The van der Waals surface area contributed by atoms with Crippen LogP contribution >= 0.6 is 15.9 Å². The summed E-state index contributed by atoms with van der Waals surface area (Å²) in [5.41, 5.74) is 0.901. The molecule has 0 radical (unpaired) electrons. The molecule has 0 atom stereocenters. The molecular formula is C12H15BrO2. The number of benzene rings is 1. The molecule has 15 heavy (non-hydrogen) atoms. The van der Waals surface area contributed by atoms with Gasteiger partial charge in [-0.1, -0.05) is 12.5 Å². The molecule has 0 bridgehead atoms. The van der Waals surface area contributed by atoms with E-state index in [9.17, 15) is 0 Å². The summed E-state index contributed by atoms with van der Waals surface area (Å²) in [6, 6.07) is 5.70. The van der Waals surface area contributed by atoms with E-state index in [1.807, 2.05) is 18.2 Å². The van der Waals surface area contributed by atoms with Crippen LogP contribution in [0.4, 0.5) is 0 Å². The SMILES string of the molecule is OCc1ccc(OCC2CCC2)c(Br)c1. The van der Waals surface area contributed by atoms with Crippen molar-refractivity contribution in [3.63, 3.8) is 0 Å². The summed E-state index contributed by atoms with van der Waals surface area (Å²) < 4.78 is 6.64. The molecule has 0 aliphatic heterocycles. The maximum Gasteiger partial charge on any atom is 0.133 e. The first-order chi connectivity index (χ1) is 7.29. The number of halogens is 1. The van der Waals surface area contributed by atoms with Crippen molar-refractivity contribution in [2.45, 2.75) is 25.9 Å². The standard InChI is InChI=1S/C12H15BrO2/c13-11-6-10(7-14)4-5-12(11)15-8-9-2-1-3-9/h4-6,9,14H,1-3,7-8H2. The highest BCUT2D eigenvalue weighted by Crippen LogP contribution is 2.30. The van der Waals surface area contributed by atoms with E-state index in [0.29, 0.717) is 0 Å². The summed E-state index contributed by atoms with van der Waals surface area (Å²) in [4.78, 5) is 0. The van der Waals surface area contributed by atoms with E-state index in [-0.39, 0.29) is 6.61 Å². The van der Waals surface area contributed by atoms with E-state index in [1.54, 1.807) is 0 Å². The van der Waals surface area contributed by atoms with E-state index in [4.69, 9.17) is 9.84 Å². The van der Waals surface area contributed by atoms with E-state index in [1.165, 1.54) is 19.3 Å². The number of ether oxygens (including phenoxy) is 1. The van der Waals surface area contributed by atoms with Gasteiger partial charge in [0.1, 0.15) is 5.75 Å². The molecule has 0 amide bonds. The van der Waals surface area contributed by atoms with Crippen LogP contribution < -0.4 is 4.74 Å². The van der Waals surface area contributed by atoms with Crippen molar-refractivity contribution in [3.8, 4) is 5.75 Å². The first-order valence-electron chi connectivity index (χ1n) is 5.31. The molecule has 1 aromatic carbocycles. The largest absolute Gasteiger partial charge is 0.492 e. The average molecular weight is 271 g/mol. The Bertz CT molecular complexity index is 334. The molecular weight excluding hydrogens is 256 g/mol. The van der Waals surface area contributed by atoms with Crippen molar-refractivity contribution in [2.75, 3.05) is 6.61 Å². The van der Waals surface area contributed by atoms with Crippen molar-refractivity contribution in [3.05, 3.63) is 28.2 Å². The molecule has 1 fully saturated rings. The molecule has 1 aliphatic carbocycles. The number of rotatable bonds is 4. The lowest BCUT2D eigenvalue weighted by Gasteiger charge is -2.25. The molecule has 2 rings (SSSR count). The summed E-state index contributed by atoms with van der Waals surface area (Å²) in [6.45, 7) is 0.887. The maximum atomic E-state index is 8.96. The Morgan fingerprint density at radius 3 is 2.73 bits per heavy atom. The van der Waals surface area contributed by atoms with E-state index < -0.39 is 0 Å². The second-order valence-electron chi connectivity index (χ2n) is 4.03. The fourth-order valence-electron chi connectivity index (χ4n) is 1.63. The summed E-state index contributed by atoms with van der Waals surface area (Å²) in [5.74, 6) is 1.62. The van der Waals surface area contributed by atoms with Gasteiger partial charge in [0.15, 0.2) is 0 Å². The summed E-state index contributed by atoms with van der Waals surface area (Å²) in [6.07, 6.45) is 3.94. The van der Waals surface area contributed by atoms with Crippen molar-refractivity contribution in [1.29, 1.82) is 0 Å². The molecule has 1 aromatic rings. The van der Waals surface area contributed by atoms with Gasteiger partial charge in [-0.25, -0.2) is 0 Å². The minimum Gasteiger partial charge on any atom is -0.492 e. The van der Waals surface area contributed by atoms with Gasteiger partial charge in [0.2, 0.25) is 0 Å². The minimum absolute atomic E-state index is 0.0709. The average Bonchev–Trinajstić information content (AvgIpc) is 2.18. The van der Waals surface area contributed by atoms with Crippen LogP contribution in [0, 0.1) is 5.92 Å². The van der Waals surface area contributed by atoms with Crippen LogP contribution in [0.2, 0.25) is 0 Å². The molecule has 0 unspecified atom stereocenters. The van der Waals surface area contributed by atoms with Crippen LogP contribution in [0.25, 0.3) is 0 Å². The van der Waals surface area contributed by atoms with Gasteiger partial charge < -0.3 is 9.84 Å². The number of hydrogen-bond acceptors (Lipinski definition) is 2. The number of aliphatic hydroxyl groups is 1. The van der Waals surface area contributed by atoms with Gasteiger partial charge in [0, 0.05) is 0 Å². The molecule has 2 nitrogen and oxygen atoms in total. The van der Waals surface area contributed by atoms with Gasteiger partial charge in [-0.15, -0.1) is 0 Å². The van der Waals surface area contributed by atoms with Crippen LogP contribution in [0.15, 0.2) is 22.7 Å². The van der Waals surface area contributed by atoms with E-state index in [0.717, 1.165) is 28.3 Å². The Kier molecular flexibility index (Phi) is 3.65. The zero-order chi connectivity index (χ0) is 10.7. The van der Waals surface area contributed by atoms with Gasteiger partial charge in [0.05, 0.1) is 17.7 Å². The van der Waals surface area contributed by atoms with Crippen molar-refractivity contribution in [2.24, 2.45) is 5.92 Å². The van der Waals surface area contributed by atoms with E-state index >= 15 is 0 Å². The van der Waals surface area contributed by atoms with Gasteiger partial charge in [-0.3, -0.25) is 0 Å². The second-order valence-corrected chi connectivity index (χ2v) is 4.89. The molecule has 1 aliphatic rings. The summed E-state index contributed by atoms with van der Waals surface area (Å²) in [5, 5.41) is 8.96. The highest BCUT2D eigenvalue weighted by Gasteiger charge is 2.18. The molecule has 1 saturated carbocycles. The molecule has 0 spiro atoms.